The highest BCUT2D eigenvalue weighted by molar-refractivity contribution is 4.96. The average Bonchev–Trinajstić information content (AvgIpc) is 2.76. The molecular formula is C15H28N2. The lowest BCUT2D eigenvalue weighted by atomic mass is 9.77. The first-order valence-corrected chi connectivity index (χ1v) is 7.76. The Kier molecular flexibility index (Phi) is 3.45. The van der Waals surface area contributed by atoms with Crippen LogP contribution in [0.1, 0.15) is 58.3 Å². The highest BCUT2D eigenvalue weighted by atomic mass is 15.2. The summed E-state index contributed by atoms with van der Waals surface area (Å²) in [7, 11) is 0. The molecule has 3 unspecified atom stereocenters. The van der Waals surface area contributed by atoms with E-state index in [0.717, 1.165) is 12.0 Å². The summed E-state index contributed by atoms with van der Waals surface area (Å²) in [6.07, 6.45) is 11.6. The van der Waals surface area contributed by atoms with Crippen LogP contribution in [0.5, 0.6) is 0 Å². The number of hydrogen-bond donors (Lipinski definition) is 1. The first kappa shape index (κ1) is 12.0. The number of hydrogen-bond acceptors (Lipinski definition) is 2. The van der Waals surface area contributed by atoms with E-state index >= 15 is 0 Å². The molecule has 0 aromatic rings. The molecule has 2 aliphatic heterocycles. The van der Waals surface area contributed by atoms with Crippen molar-refractivity contribution < 1.29 is 0 Å². The zero-order valence-corrected chi connectivity index (χ0v) is 11.4. The van der Waals surface area contributed by atoms with Crippen LogP contribution in [0.15, 0.2) is 0 Å². The van der Waals surface area contributed by atoms with Crippen LogP contribution in [0.2, 0.25) is 0 Å². The molecule has 3 fully saturated rings. The van der Waals surface area contributed by atoms with Gasteiger partial charge in [-0.25, -0.2) is 0 Å². The van der Waals surface area contributed by atoms with E-state index in [0.29, 0.717) is 5.54 Å². The van der Waals surface area contributed by atoms with Gasteiger partial charge in [-0.15, -0.1) is 0 Å². The number of nitrogens with zero attached hydrogens (tertiary/aromatic N) is 1. The first-order chi connectivity index (χ1) is 8.27. The summed E-state index contributed by atoms with van der Waals surface area (Å²) in [5.74, 6) is 1.03. The Morgan fingerprint density at radius 3 is 2.76 bits per heavy atom. The molecule has 17 heavy (non-hydrogen) atoms. The normalized spacial score (nSPS) is 43.6. The Balaban J connectivity index is 1.64. The summed E-state index contributed by atoms with van der Waals surface area (Å²) in [5.41, 5.74) is 0.416. The topological polar surface area (TPSA) is 15.3 Å². The Hall–Kier alpha value is -0.0800. The predicted molar refractivity (Wildman–Crippen MR) is 72.2 cm³/mol. The van der Waals surface area contributed by atoms with Gasteiger partial charge in [-0.05, 0) is 64.5 Å². The summed E-state index contributed by atoms with van der Waals surface area (Å²) >= 11 is 0. The molecule has 2 nitrogen and oxygen atoms in total. The van der Waals surface area contributed by atoms with Gasteiger partial charge in [0.1, 0.15) is 0 Å². The Morgan fingerprint density at radius 1 is 1.12 bits per heavy atom. The quantitative estimate of drug-likeness (QED) is 0.793. The van der Waals surface area contributed by atoms with Crippen LogP contribution >= 0.6 is 0 Å². The fourth-order valence-corrected chi connectivity index (χ4v) is 4.46. The van der Waals surface area contributed by atoms with Crippen LogP contribution in [-0.4, -0.2) is 36.1 Å². The number of fused-ring (bicyclic) bond motifs is 1. The lowest BCUT2D eigenvalue weighted by Crippen LogP contribution is -2.55. The zero-order valence-electron chi connectivity index (χ0n) is 11.4. The largest absolute Gasteiger partial charge is 0.310 e. The van der Waals surface area contributed by atoms with Crippen LogP contribution in [0.25, 0.3) is 0 Å². The van der Waals surface area contributed by atoms with Gasteiger partial charge in [-0.2, -0.15) is 0 Å². The van der Waals surface area contributed by atoms with Gasteiger partial charge in [0.25, 0.3) is 0 Å². The van der Waals surface area contributed by atoms with Crippen LogP contribution < -0.4 is 5.32 Å². The van der Waals surface area contributed by atoms with Crippen molar-refractivity contribution in [3.63, 3.8) is 0 Å². The highest BCUT2D eigenvalue weighted by Crippen LogP contribution is 2.36. The second-order valence-corrected chi connectivity index (χ2v) is 6.82. The van der Waals surface area contributed by atoms with E-state index in [-0.39, 0.29) is 0 Å². The summed E-state index contributed by atoms with van der Waals surface area (Å²) in [5, 5.41) is 3.73. The Morgan fingerprint density at radius 2 is 1.94 bits per heavy atom. The van der Waals surface area contributed by atoms with E-state index in [1.165, 1.54) is 71.0 Å². The van der Waals surface area contributed by atoms with Gasteiger partial charge in [0.15, 0.2) is 0 Å². The minimum atomic E-state index is 0.416. The third-order valence-corrected chi connectivity index (χ3v) is 5.37. The summed E-state index contributed by atoms with van der Waals surface area (Å²) < 4.78 is 0. The van der Waals surface area contributed by atoms with Crippen LogP contribution in [0.3, 0.4) is 0 Å². The lowest BCUT2D eigenvalue weighted by molar-refractivity contribution is 0.0417. The molecule has 98 valence electrons. The monoisotopic (exact) mass is 236 g/mol. The van der Waals surface area contributed by atoms with Crippen molar-refractivity contribution in [3.8, 4) is 0 Å². The lowest BCUT2D eigenvalue weighted by Gasteiger charge is -2.47. The van der Waals surface area contributed by atoms with E-state index in [9.17, 15) is 0 Å². The van der Waals surface area contributed by atoms with E-state index in [1.54, 1.807) is 0 Å². The maximum atomic E-state index is 3.73. The summed E-state index contributed by atoms with van der Waals surface area (Å²) in [4.78, 5) is 2.84. The van der Waals surface area contributed by atoms with Crippen molar-refractivity contribution in [1.82, 2.24) is 10.2 Å². The molecule has 2 heteroatoms. The predicted octanol–water partition coefficient (Wildman–Crippen LogP) is 2.78. The maximum Gasteiger partial charge on any atom is 0.0281 e. The van der Waals surface area contributed by atoms with Crippen molar-refractivity contribution in [3.05, 3.63) is 0 Å². The second-order valence-electron chi connectivity index (χ2n) is 6.82. The highest BCUT2D eigenvalue weighted by Gasteiger charge is 2.37. The van der Waals surface area contributed by atoms with Crippen molar-refractivity contribution in [2.75, 3.05) is 19.6 Å². The minimum absolute atomic E-state index is 0.416. The fraction of sp³-hybridized carbons (Fsp3) is 1.00. The van der Waals surface area contributed by atoms with Gasteiger partial charge in [-0.1, -0.05) is 12.8 Å². The smallest absolute Gasteiger partial charge is 0.0281 e. The van der Waals surface area contributed by atoms with Crippen molar-refractivity contribution >= 4 is 0 Å². The van der Waals surface area contributed by atoms with E-state index in [2.05, 4.69) is 17.1 Å². The average molecular weight is 236 g/mol. The molecule has 1 aliphatic carbocycles. The third kappa shape index (κ3) is 2.53. The third-order valence-electron chi connectivity index (χ3n) is 5.37. The van der Waals surface area contributed by atoms with Crippen molar-refractivity contribution in [1.29, 1.82) is 0 Å². The van der Waals surface area contributed by atoms with Crippen molar-refractivity contribution in [2.24, 2.45) is 5.92 Å². The molecule has 3 aliphatic rings. The molecule has 2 heterocycles. The van der Waals surface area contributed by atoms with Gasteiger partial charge in [0.05, 0.1) is 0 Å². The van der Waals surface area contributed by atoms with E-state index < -0.39 is 0 Å². The van der Waals surface area contributed by atoms with E-state index in [4.69, 9.17) is 0 Å². The SMILES string of the molecule is CC1(CN2CCCC3CCCCC32)CCCN1. The van der Waals surface area contributed by atoms with Gasteiger partial charge < -0.3 is 5.32 Å². The molecule has 0 radical (unpaired) electrons. The molecule has 1 saturated carbocycles. The van der Waals surface area contributed by atoms with Gasteiger partial charge in [0, 0.05) is 18.1 Å². The summed E-state index contributed by atoms with van der Waals surface area (Å²) in [6.45, 7) is 6.33. The second kappa shape index (κ2) is 4.89. The van der Waals surface area contributed by atoms with Crippen LogP contribution in [0.4, 0.5) is 0 Å². The molecule has 0 aromatic carbocycles. The number of rotatable bonds is 2. The first-order valence-electron chi connectivity index (χ1n) is 7.76. The molecule has 0 amide bonds. The van der Waals surface area contributed by atoms with Gasteiger partial charge in [-0.3, -0.25) is 4.90 Å². The van der Waals surface area contributed by atoms with Gasteiger partial charge >= 0.3 is 0 Å². The molecule has 0 bridgehead atoms. The number of piperidine rings is 1. The van der Waals surface area contributed by atoms with Crippen LogP contribution in [-0.2, 0) is 0 Å². The molecule has 0 spiro atoms. The Labute approximate surface area is 106 Å². The minimum Gasteiger partial charge on any atom is -0.310 e. The molecule has 0 aromatic heterocycles. The van der Waals surface area contributed by atoms with E-state index in [1.807, 2.05) is 0 Å². The maximum absolute atomic E-state index is 3.73. The molecule has 3 rings (SSSR count). The van der Waals surface area contributed by atoms with Crippen LogP contribution in [0, 0.1) is 5.92 Å². The summed E-state index contributed by atoms with van der Waals surface area (Å²) in [6, 6.07) is 0.928. The van der Waals surface area contributed by atoms with Crippen molar-refractivity contribution in [2.45, 2.75) is 69.9 Å². The van der Waals surface area contributed by atoms with Gasteiger partial charge in [0.2, 0.25) is 0 Å². The number of nitrogens with one attached hydrogen (secondary N) is 1. The zero-order chi connectivity index (χ0) is 11.7. The number of likely N-dealkylation sites (tertiary alicyclic amines) is 1. The fourth-order valence-electron chi connectivity index (χ4n) is 4.46. The molecular weight excluding hydrogens is 208 g/mol. The molecule has 2 saturated heterocycles. The molecule has 1 N–H and O–H groups in total. The standard InChI is InChI=1S/C15H28N2/c1-15(9-5-10-16-15)12-17-11-4-7-13-6-2-3-8-14(13)17/h13-14,16H,2-12H2,1H3. The molecule has 3 atom stereocenters. The Bertz CT molecular complexity index is 256.